The third kappa shape index (κ3) is 4.40. The van der Waals surface area contributed by atoms with E-state index in [1.165, 1.54) is 6.92 Å². The number of rotatable bonds is 6. The molecule has 1 unspecified atom stereocenters. The molecule has 0 aliphatic heterocycles. The maximum Gasteiger partial charge on any atom is 0.338 e. The topological polar surface area (TPSA) is 90.7 Å². The van der Waals surface area contributed by atoms with E-state index in [0.717, 1.165) is 5.56 Å². The van der Waals surface area contributed by atoms with E-state index in [2.05, 4.69) is 10.5 Å². The highest BCUT2D eigenvalue weighted by Crippen LogP contribution is 2.29. The van der Waals surface area contributed by atoms with Gasteiger partial charge in [0.25, 0.3) is 5.91 Å². The van der Waals surface area contributed by atoms with Crippen molar-refractivity contribution in [3.63, 3.8) is 0 Å². The molecule has 31 heavy (non-hydrogen) atoms. The fourth-order valence-electron chi connectivity index (χ4n) is 3.07. The van der Waals surface area contributed by atoms with Crippen molar-refractivity contribution in [2.45, 2.75) is 13.0 Å². The van der Waals surface area contributed by atoms with Crippen LogP contribution in [0.25, 0.3) is 22.2 Å². The fraction of sp³-hybridized carbons (Fsp3) is 0.125. The van der Waals surface area contributed by atoms with Gasteiger partial charge in [-0.25, -0.2) is 4.79 Å². The van der Waals surface area contributed by atoms with E-state index in [9.17, 15) is 9.59 Å². The Hall–Kier alpha value is -4.13. The molecule has 7 nitrogen and oxygen atoms in total. The molecule has 0 bridgehead atoms. The number of methoxy groups -OCH3 is 1. The molecule has 4 rings (SSSR count). The molecule has 3 aromatic carbocycles. The Morgan fingerprint density at radius 3 is 2.45 bits per heavy atom. The molecule has 7 heteroatoms. The Bertz CT molecular complexity index is 1220. The predicted octanol–water partition coefficient (Wildman–Crippen LogP) is 4.69. The first-order chi connectivity index (χ1) is 15.0. The molecule has 1 amide bonds. The van der Waals surface area contributed by atoms with Gasteiger partial charge in [0.05, 0.1) is 18.1 Å². The lowest BCUT2D eigenvalue weighted by atomic mass is 10.1. The van der Waals surface area contributed by atoms with Gasteiger partial charge in [-0.3, -0.25) is 4.79 Å². The smallest absolute Gasteiger partial charge is 0.338 e. The highest BCUT2D eigenvalue weighted by Gasteiger charge is 2.20. The summed E-state index contributed by atoms with van der Waals surface area (Å²) in [6.07, 6.45) is -0.985. The normalized spacial score (nSPS) is 11.7. The second-order valence-electron chi connectivity index (χ2n) is 6.87. The molecule has 0 spiro atoms. The van der Waals surface area contributed by atoms with E-state index in [1.807, 2.05) is 30.3 Å². The number of carbonyl (C=O) groups is 2. The number of nitrogens with zero attached hydrogens (tertiary/aromatic N) is 1. The summed E-state index contributed by atoms with van der Waals surface area (Å²) in [7, 11) is 1.56. The van der Waals surface area contributed by atoms with E-state index in [4.69, 9.17) is 14.0 Å². The average Bonchev–Trinajstić information content (AvgIpc) is 3.23. The molecule has 0 aliphatic rings. The number of amides is 1. The minimum Gasteiger partial charge on any atom is -0.497 e. The van der Waals surface area contributed by atoms with Crippen LogP contribution in [0.5, 0.6) is 5.75 Å². The number of nitrogens with one attached hydrogen (secondary N) is 1. The van der Waals surface area contributed by atoms with Crippen LogP contribution in [-0.4, -0.2) is 30.2 Å². The first-order valence-electron chi connectivity index (χ1n) is 9.66. The van der Waals surface area contributed by atoms with E-state index >= 15 is 0 Å². The molecule has 0 saturated carbocycles. The second kappa shape index (κ2) is 8.71. The van der Waals surface area contributed by atoms with Gasteiger partial charge in [-0.05, 0) is 49.4 Å². The van der Waals surface area contributed by atoms with Gasteiger partial charge < -0.3 is 19.3 Å². The molecule has 0 radical (unpaired) electrons. The number of carbonyl (C=O) groups excluding carboxylic acids is 2. The molecule has 0 saturated heterocycles. The Morgan fingerprint density at radius 2 is 1.74 bits per heavy atom. The van der Waals surface area contributed by atoms with Crippen LogP contribution in [0.3, 0.4) is 0 Å². The van der Waals surface area contributed by atoms with Crippen molar-refractivity contribution in [1.82, 2.24) is 5.16 Å². The average molecular weight is 416 g/mol. The van der Waals surface area contributed by atoms with Crippen LogP contribution >= 0.6 is 0 Å². The van der Waals surface area contributed by atoms with Crippen molar-refractivity contribution in [3.8, 4) is 17.1 Å². The zero-order chi connectivity index (χ0) is 21.8. The molecule has 1 aromatic heterocycles. The summed E-state index contributed by atoms with van der Waals surface area (Å²) in [5, 5.41) is 7.44. The Labute approximate surface area is 178 Å². The zero-order valence-corrected chi connectivity index (χ0v) is 17.0. The number of esters is 1. The van der Waals surface area contributed by atoms with Crippen LogP contribution in [0.15, 0.2) is 77.3 Å². The summed E-state index contributed by atoms with van der Waals surface area (Å²) in [6, 6.07) is 21.3. The van der Waals surface area contributed by atoms with Crippen LogP contribution < -0.4 is 10.1 Å². The maximum atomic E-state index is 12.6. The van der Waals surface area contributed by atoms with E-state index in [0.29, 0.717) is 33.7 Å². The molecule has 4 aromatic rings. The third-order valence-electron chi connectivity index (χ3n) is 4.76. The Morgan fingerprint density at radius 1 is 1.00 bits per heavy atom. The summed E-state index contributed by atoms with van der Waals surface area (Å²) < 4.78 is 15.9. The van der Waals surface area contributed by atoms with Gasteiger partial charge in [0.15, 0.2) is 11.9 Å². The van der Waals surface area contributed by atoms with Crippen LogP contribution in [-0.2, 0) is 9.53 Å². The van der Waals surface area contributed by atoms with Crippen LogP contribution in [0.4, 0.5) is 5.69 Å². The van der Waals surface area contributed by atoms with Crippen LogP contribution in [0.1, 0.15) is 17.3 Å². The van der Waals surface area contributed by atoms with Gasteiger partial charge in [-0.2, -0.15) is 0 Å². The molecule has 1 atom stereocenters. The molecule has 0 fully saturated rings. The molecule has 156 valence electrons. The first-order valence-corrected chi connectivity index (χ1v) is 9.66. The lowest BCUT2D eigenvalue weighted by Crippen LogP contribution is -2.30. The van der Waals surface area contributed by atoms with Gasteiger partial charge in [0.1, 0.15) is 11.3 Å². The molecule has 0 aliphatic carbocycles. The number of fused-ring (bicyclic) bond motifs is 1. The summed E-state index contributed by atoms with van der Waals surface area (Å²) >= 11 is 0. The van der Waals surface area contributed by atoms with Crippen molar-refractivity contribution >= 4 is 28.5 Å². The standard InChI is InChI=1S/C24H20N2O5/c1-15(23(27)25-18-9-11-19(29-2)12-10-18)30-24(28)17-8-13-21-20(14-17)22(31-26-21)16-6-4-3-5-7-16/h3-15H,1-2H3,(H,25,27). The van der Waals surface area contributed by atoms with Crippen LogP contribution in [0.2, 0.25) is 0 Å². The van der Waals surface area contributed by atoms with Crippen molar-refractivity contribution in [2.75, 3.05) is 12.4 Å². The third-order valence-corrected chi connectivity index (χ3v) is 4.76. The van der Waals surface area contributed by atoms with E-state index < -0.39 is 18.0 Å². The SMILES string of the molecule is COc1ccc(NC(=O)C(C)OC(=O)c2ccc3noc(-c4ccccc4)c3c2)cc1. The minimum absolute atomic E-state index is 0.303. The van der Waals surface area contributed by atoms with E-state index in [-0.39, 0.29) is 0 Å². The van der Waals surface area contributed by atoms with Crippen molar-refractivity contribution in [2.24, 2.45) is 0 Å². The lowest BCUT2D eigenvalue weighted by Gasteiger charge is -2.14. The highest BCUT2D eigenvalue weighted by molar-refractivity contribution is 6.00. The molecular formula is C24H20N2O5. The maximum absolute atomic E-state index is 12.6. The predicted molar refractivity (Wildman–Crippen MR) is 116 cm³/mol. The lowest BCUT2D eigenvalue weighted by molar-refractivity contribution is -0.123. The minimum atomic E-state index is -0.985. The summed E-state index contributed by atoms with van der Waals surface area (Å²) in [5.74, 6) is 0.195. The number of ether oxygens (including phenoxy) is 2. The Balaban J connectivity index is 1.47. The number of aromatic nitrogens is 1. The fourth-order valence-corrected chi connectivity index (χ4v) is 3.07. The number of hydrogen-bond donors (Lipinski definition) is 1. The first kappa shape index (κ1) is 20.2. The quantitative estimate of drug-likeness (QED) is 0.459. The summed E-state index contributed by atoms with van der Waals surface area (Å²) in [5.41, 5.74) is 2.35. The summed E-state index contributed by atoms with van der Waals surface area (Å²) in [6.45, 7) is 1.52. The van der Waals surface area contributed by atoms with Crippen LogP contribution in [0, 0.1) is 0 Å². The number of anilines is 1. The zero-order valence-electron chi connectivity index (χ0n) is 17.0. The molecule has 1 heterocycles. The Kier molecular flexibility index (Phi) is 5.66. The van der Waals surface area contributed by atoms with E-state index in [1.54, 1.807) is 49.6 Å². The monoisotopic (exact) mass is 416 g/mol. The summed E-state index contributed by atoms with van der Waals surface area (Å²) in [4.78, 5) is 25.0. The van der Waals surface area contributed by atoms with Gasteiger partial charge in [0.2, 0.25) is 0 Å². The van der Waals surface area contributed by atoms with Gasteiger partial charge in [-0.15, -0.1) is 0 Å². The second-order valence-corrected chi connectivity index (χ2v) is 6.87. The van der Waals surface area contributed by atoms with Gasteiger partial charge in [0, 0.05) is 11.3 Å². The molecule has 1 N–H and O–H groups in total. The largest absolute Gasteiger partial charge is 0.497 e. The van der Waals surface area contributed by atoms with Gasteiger partial charge >= 0.3 is 5.97 Å². The van der Waals surface area contributed by atoms with Crippen molar-refractivity contribution < 1.29 is 23.6 Å². The highest BCUT2D eigenvalue weighted by atomic mass is 16.5. The van der Waals surface area contributed by atoms with Crippen molar-refractivity contribution in [1.29, 1.82) is 0 Å². The number of benzene rings is 3. The number of hydrogen-bond acceptors (Lipinski definition) is 6. The van der Waals surface area contributed by atoms with Crippen molar-refractivity contribution in [3.05, 3.63) is 78.4 Å². The van der Waals surface area contributed by atoms with Gasteiger partial charge in [-0.1, -0.05) is 35.5 Å². The molecular weight excluding hydrogens is 396 g/mol.